The number of nitrogens with zero attached hydrogens (tertiary/aromatic N) is 2. The molecule has 3 saturated heterocycles. The van der Waals surface area contributed by atoms with E-state index in [4.69, 9.17) is 11.1 Å². The topological polar surface area (TPSA) is 111 Å². The molecule has 4 N–H and O–H groups in total. The number of nitrogens with one attached hydrogen (secondary N) is 1. The highest BCUT2D eigenvalue weighted by atomic mass is 16.3. The number of hydrogen-bond donors (Lipinski definition) is 3. The van der Waals surface area contributed by atoms with Crippen LogP contribution in [0.4, 0.5) is 0 Å². The average molecular weight is 404 g/mol. The predicted octanol–water partition coefficient (Wildman–Crippen LogP) is 2.00. The third-order valence-electron chi connectivity index (χ3n) is 6.78. The van der Waals surface area contributed by atoms with Gasteiger partial charge in [0.1, 0.15) is 11.6 Å². The number of carbonyl (C=O) groups excluding carboxylic acids is 2. The van der Waals surface area contributed by atoms with Gasteiger partial charge in [-0.25, -0.2) is 0 Å². The predicted molar refractivity (Wildman–Crippen MR) is 111 cm³/mol. The number of nitrogens with two attached hydrogens (primary N) is 1. The summed E-state index contributed by atoms with van der Waals surface area (Å²) in [5.41, 5.74) is 8.04. The summed E-state index contributed by atoms with van der Waals surface area (Å²) in [7, 11) is 0. The van der Waals surface area contributed by atoms with Gasteiger partial charge in [-0.3, -0.25) is 24.8 Å². The highest BCUT2D eigenvalue weighted by Gasteiger charge is 2.62. The Hall–Kier alpha value is -3.19. The minimum absolute atomic E-state index is 0.0112. The summed E-state index contributed by atoms with van der Waals surface area (Å²) in [4.78, 5) is 30.5. The fourth-order valence-corrected chi connectivity index (χ4v) is 5.46. The molecule has 0 saturated carbocycles. The second kappa shape index (κ2) is 6.95. The molecule has 4 atom stereocenters. The molecular weight excluding hydrogens is 380 g/mol. The Morgan fingerprint density at radius 2 is 1.70 bits per heavy atom. The molecule has 154 valence electrons. The van der Waals surface area contributed by atoms with Crippen molar-refractivity contribution in [2.24, 2.45) is 17.6 Å². The highest BCUT2D eigenvalue weighted by molar-refractivity contribution is 6.06. The molecule has 2 aromatic carbocycles. The zero-order chi connectivity index (χ0) is 21.0. The standard InChI is InChI=1S/C23H24N4O3/c24-21(25)15-7-5-14(6-8-15)20-19-18(17-2-1-11-26(17)20)22(29)27(23(19)30)12-13-3-9-16(28)10-4-13/h3-10,17-20,28H,1-2,11-12H2,(H3,24,25)/t17-,18-,19-,20-/m0/s1. The molecule has 2 aromatic rings. The van der Waals surface area contributed by atoms with Gasteiger partial charge in [-0.15, -0.1) is 0 Å². The third kappa shape index (κ3) is 2.81. The molecule has 3 aliphatic rings. The molecule has 0 spiro atoms. The number of benzene rings is 2. The van der Waals surface area contributed by atoms with Crippen molar-refractivity contribution in [2.45, 2.75) is 31.5 Å². The normalized spacial score (nSPS) is 28.1. The van der Waals surface area contributed by atoms with E-state index in [1.54, 1.807) is 24.3 Å². The van der Waals surface area contributed by atoms with Crippen molar-refractivity contribution in [3.63, 3.8) is 0 Å². The molecule has 0 unspecified atom stereocenters. The lowest BCUT2D eigenvalue weighted by atomic mass is 9.85. The zero-order valence-electron chi connectivity index (χ0n) is 16.5. The van der Waals surface area contributed by atoms with Crippen molar-refractivity contribution in [1.82, 2.24) is 9.80 Å². The van der Waals surface area contributed by atoms with Gasteiger partial charge in [0.15, 0.2) is 0 Å². The minimum Gasteiger partial charge on any atom is -0.508 e. The second-order valence-corrected chi connectivity index (χ2v) is 8.41. The van der Waals surface area contributed by atoms with Gasteiger partial charge < -0.3 is 10.8 Å². The van der Waals surface area contributed by atoms with E-state index in [9.17, 15) is 14.7 Å². The Bertz CT molecular complexity index is 1020. The first-order valence-electron chi connectivity index (χ1n) is 10.3. The summed E-state index contributed by atoms with van der Waals surface area (Å²) in [6, 6.07) is 14.1. The molecule has 30 heavy (non-hydrogen) atoms. The molecule has 7 nitrogen and oxygen atoms in total. The molecule has 7 heteroatoms. The van der Waals surface area contributed by atoms with E-state index >= 15 is 0 Å². The van der Waals surface area contributed by atoms with E-state index in [0.717, 1.165) is 30.5 Å². The van der Waals surface area contributed by atoms with Crippen LogP contribution in [0.3, 0.4) is 0 Å². The van der Waals surface area contributed by atoms with Gasteiger partial charge in [0.05, 0.1) is 18.4 Å². The van der Waals surface area contributed by atoms with Crippen LogP contribution in [0.2, 0.25) is 0 Å². The summed E-state index contributed by atoms with van der Waals surface area (Å²) >= 11 is 0. The molecule has 5 rings (SSSR count). The number of rotatable bonds is 4. The van der Waals surface area contributed by atoms with Crippen molar-refractivity contribution < 1.29 is 14.7 Å². The van der Waals surface area contributed by atoms with E-state index in [0.29, 0.717) is 5.56 Å². The molecule has 3 heterocycles. The van der Waals surface area contributed by atoms with E-state index < -0.39 is 0 Å². The van der Waals surface area contributed by atoms with Crippen molar-refractivity contribution in [3.05, 3.63) is 65.2 Å². The smallest absolute Gasteiger partial charge is 0.235 e. The van der Waals surface area contributed by atoms with Crippen LogP contribution in [-0.2, 0) is 16.1 Å². The van der Waals surface area contributed by atoms with Crippen LogP contribution in [0, 0.1) is 17.2 Å². The summed E-state index contributed by atoms with van der Waals surface area (Å²) < 4.78 is 0. The quantitative estimate of drug-likeness (QED) is 0.410. The Morgan fingerprint density at radius 1 is 1.03 bits per heavy atom. The monoisotopic (exact) mass is 404 g/mol. The second-order valence-electron chi connectivity index (χ2n) is 8.41. The van der Waals surface area contributed by atoms with Crippen molar-refractivity contribution in [2.75, 3.05) is 6.54 Å². The SMILES string of the molecule is N=C(N)c1ccc([C@H]2[C@H]3C(=O)N(Cc4ccc(O)cc4)C(=O)[C@H]3[C@@H]3CCCN32)cc1. The molecule has 0 radical (unpaired) electrons. The number of carbonyl (C=O) groups is 2. The Labute approximate surface area is 174 Å². The van der Waals surface area contributed by atoms with Crippen LogP contribution in [0.25, 0.3) is 0 Å². The van der Waals surface area contributed by atoms with Crippen molar-refractivity contribution in [1.29, 1.82) is 5.41 Å². The minimum atomic E-state index is -0.386. The number of imide groups is 1. The summed E-state index contributed by atoms with van der Waals surface area (Å²) in [6.45, 7) is 1.11. The Morgan fingerprint density at radius 3 is 2.37 bits per heavy atom. The van der Waals surface area contributed by atoms with Crippen molar-refractivity contribution >= 4 is 17.6 Å². The molecular formula is C23H24N4O3. The van der Waals surface area contributed by atoms with Gasteiger partial charge in [-0.2, -0.15) is 0 Å². The number of amidine groups is 1. The first kappa shape index (κ1) is 18.8. The number of phenolic OH excluding ortho intramolecular Hbond substituents is 1. The summed E-state index contributed by atoms with van der Waals surface area (Å²) in [5, 5.41) is 17.1. The van der Waals surface area contributed by atoms with Crippen LogP contribution in [0.15, 0.2) is 48.5 Å². The van der Waals surface area contributed by atoms with Crippen LogP contribution in [0.5, 0.6) is 5.75 Å². The van der Waals surface area contributed by atoms with Gasteiger partial charge in [0.25, 0.3) is 0 Å². The van der Waals surface area contributed by atoms with Gasteiger partial charge in [0.2, 0.25) is 11.8 Å². The molecule has 2 amide bonds. The number of aromatic hydroxyl groups is 1. The van der Waals surface area contributed by atoms with Crippen LogP contribution in [0.1, 0.15) is 35.6 Å². The molecule has 0 aliphatic carbocycles. The van der Waals surface area contributed by atoms with Gasteiger partial charge in [0, 0.05) is 17.6 Å². The van der Waals surface area contributed by atoms with E-state index in [-0.39, 0.29) is 53.9 Å². The molecule has 0 bridgehead atoms. The summed E-state index contributed by atoms with van der Waals surface area (Å²) in [6.07, 6.45) is 1.95. The number of likely N-dealkylation sites (tertiary alicyclic amines) is 1. The number of hydrogen-bond acceptors (Lipinski definition) is 5. The largest absolute Gasteiger partial charge is 0.508 e. The Kier molecular flexibility index (Phi) is 4.36. The van der Waals surface area contributed by atoms with E-state index in [2.05, 4.69) is 4.90 Å². The van der Waals surface area contributed by atoms with Crippen molar-refractivity contribution in [3.8, 4) is 5.75 Å². The van der Waals surface area contributed by atoms with Crippen LogP contribution < -0.4 is 5.73 Å². The van der Waals surface area contributed by atoms with Crippen LogP contribution in [-0.4, -0.2) is 45.1 Å². The lowest BCUT2D eigenvalue weighted by Gasteiger charge is -2.29. The third-order valence-corrected chi connectivity index (χ3v) is 6.78. The first-order valence-corrected chi connectivity index (χ1v) is 10.3. The molecule has 3 fully saturated rings. The lowest BCUT2D eigenvalue weighted by Crippen LogP contribution is -2.38. The number of amides is 2. The fraction of sp³-hybridized carbons (Fsp3) is 0.348. The first-order chi connectivity index (χ1) is 14.5. The molecule has 3 aliphatic heterocycles. The van der Waals surface area contributed by atoms with Gasteiger partial charge >= 0.3 is 0 Å². The summed E-state index contributed by atoms with van der Waals surface area (Å²) in [5.74, 6) is -0.730. The Balaban J connectivity index is 1.48. The van der Waals surface area contributed by atoms with E-state index in [1.165, 1.54) is 4.90 Å². The molecule has 0 aromatic heterocycles. The van der Waals surface area contributed by atoms with Gasteiger partial charge in [-0.1, -0.05) is 36.4 Å². The zero-order valence-corrected chi connectivity index (χ0v) is 16.5. The van der Waals surface area contributed by atoms with E-state index in [1.807, 2.05) is 24.3 Å². The maximum atomic E-state index is 13.4. The van der Waals surface area contributed by atoms with Gasteiger partial charge in [-0.05, 0) is 42.6 Å². The number of fused-ring (bicyclic) bond motifs is 3. The number of nitrogen functional groups attached to an aromatic ring is 1. The van der Waals surface area contributed by atoms with Crippen LogP contribution >= 0.6 is 0 Å². The lowest BCUT2D eigenvalue weighted by molar-refractivity contribution is -0.142. The fourth-order valence-electron chi connectivity index (χ4n) is 5.46. The average Bonchev–Trinajstić information content (AvgIpc) is 3.38. The maximum Gasteiger partial charge on any atom is 0.235 e. The number of phenols is 1. The maximum absolute atomic E-state index is 13.4. The highest BCUT2D eigenvalue weighted by Crippen LogP contribution is 2.53.